The Morgan fingerprint density at radius 1 is 0.966 bits per heavy atom. The van der Waals surface area contributed by atoms with Crippen LogP contribution in [-0.4, -0.2) is 21.4 Å². The first-order valence-electron chi connectivity index (χ1n) is 9.29. The summed E-state index contributed by atoms with van der Waals surface area (Å²) >= 11 is 1.34. The van der Waals surface area contributed by atoms with Crippen LogP contribution in [0.3, 0.4) is 0 Å². The van der Waals surface area contributed by atoms with Crippen LogP contribution in [0.5, 0.6) is 0 Å². The minimum atomic E-state index is -0.360. The molecular weight excluding hydrogens is 384 g/mol. The minimum absolute atomic E-state index is 0.358. The van der Waals surface area contributed by atoms with Crippen molar-refractivity contribution in [3.8, 4) is 10.7 Å². The molecule has 146 valence electrons. The Labute approximate surface area is 172 Å². The number of hydrogen-bond acceptors (Lipinski definition) is 4. The summed E-state index contributed by atoms with van der Waals surface area (Å²) in [5.41, 5.74) is 8.47. The fourth-order valence-corrected chi connectivity index (χ4v) is 4.02. The lowest BCUT2D eigenvalue weighted by Crippen LogP contribution is -2.41. The highest BCUT2D eigenvalue weighted by molar-refractivity contribution is 7.17. The van der Waals surface area contributed by atoms with E-state index in [-0.39, 0.29) is 11.8 Å². The third-order valence-electron chi connectivity index (χ3n) is 4.62. The second-order valence-electron chi connectivity index (χ2n) is 6.61. The van der Waals surface area contributed by atoms with Crippen LogP contribution < -0.4 is 10.9 Å². The van der Waals surface area contributed by atoms with E-state index in [1.165, 1.54) is 11.3 Å². The van der Waals surface area contributed by atoms with Crippen molar-refractivity contribution in [2.45, 2.75) is 20.4 Å². The second kappa shape index (κ2) is 7.89. The zero-order valence-electron chi connectivity index (χ0n) is 16.1. The van der Waals surface area contributed by atoms with E-state index in [4.69, 9.17) is 4.98 Å². The summed E-state index contributed by atoms with van der Waals surface area (Å²) in [6.45, 7) is 4.80. The summed E-state index contributed by atoms with van der Waals surface area (Å²) in [5, 5.41) is 0. The van der Waals surface area contributed by atoms with E-state index in [1.54, 1.807) is 18.2 Å². The largest absolute Gasteiger partial charge is 0.324 e. The van der Waals surface area contributed by atoms with E-state index in [0.29, 0.717) is 10.4 Å². The molecule has 7 heteroatoms. The average Bonchev–Trinajstić information content (AvgIpc) is 3.36. The van der Waals surface area contributed by atoms with Gasteiger partial charge in [0.05, 0.1) is 20.8 Å². The quantitative estimate of drug-likeness (QED) is 0.501. The molecule has 0 aliphatic heterocycles. The van der Waals surface area contributed by atoms with Crippen molar-refractivity contribution in [3.05, 3.63) is 76.7 Å². The summed E-state index contributed by atoms with van der Waals surface area (Å²) in [5.74, 6) is 0.116. The number of hydrogen-bond donors (Lipinski definition) is 2. The van der Waals surface area contributed by atoms with Crippen molar-refractivity contribution in [1.82, 2.24) is 20.4 Å². The molecule has 0 bridgehead atoms. The van der Waals surface area contributed by atoms with Gasteiger partial charge in [-0.3, -0.25) is 20.4 Å². The molecule has 0 aliphatic carbocycles. The van der Waals surface area contributed by atoms with Crippen molar-refractivity contribution < 1.29 is 9.59 Å². The number of amides is 2. The van der Waals surface area contributed by atoms with Crippen LogP contribution in [0.2, 0.25) is 0 Å². The maximum atomic E-state index is 12.5. The molecule has 0 fully saturated rings. The van der Waals surface area contributed by atoms with Crippen LogP contribution in [0, 0.1) is 6.92 Å². The monoisotopic (exact) mass is 404 g/mol. The van der Waals surface area contributed by atoms with E-state index in [9.17, 15) is 9.59 Å². The number of aromatic nitrogens is 2. The molecule has 0 saturated carbocycles. The topological polar surface area (TPSA) is 76.0 Å². The molecule has 0 aliphatic rings. The van der Waals surface area contributed by atoms with Gasteiger partial charge in [0.25, 0.3) is 11.8 Å². The van der Waals surface area contributed by atoms with E-state index in [1.807, 2.05) is 49.4 Å². The third kappa shape index (κ3) is 3.77. The van der Waals surface area contributed by atoms with Gasteiger partial charge in [-0.1, -0.05) is 29.8 Å². The second-order valence-corrected chi connectivity index (χ2v) is 7.69. The minimum Gasteiger partial charge on any atom is -0.324 e. The van der Waals surface area contributed by atoms with E-state index >= 15 is 0 Å². The number of fused-ring (bicyclic) bond motifs is 1. The van der Waals surface area contributed by atoms with Gasteiger partial charge in [0.1, 0.15) is 0 Å². The fraction of sp³-hybridized carbons (Fsp3) is 0.136. The van der Waals surface area contributed by atoms with Crippen LogP contribution in [0.1, 0.15) is 32.5 Å². The van der Waals surface area contributed by atoms with E-state index < -0.39 is 0 Å². The van der Waals surface area contributed by atoms with E-state index in [0.717, 1.165) is 33.8 Å². The van der Waals surface area contributed by atoms with Gasteiger partial charge < -0.3 is 4.57 Å². The summed E-state index contributed by atoms with van der Waals surface area (Å²) in [7, 11) is 0. The first-order chi connectivity index (χ1) is 14.1. The highest BCUT2D eigenvalue weighted by atomic mass is 32.1. The lowest BCUT2D eigenvalue weighted by molar-refractivity contribution is 0.0849. The Hall–Kier alpha value is -3.45. The van der Waals surface area contributed by atoms with Gasteiger partial charge in [0.2, 0.25) is 0 Å². The zero-order chi connectivity index (χ0) is 20.4. The Bertz CT molecular complexity index is 1190. The van der Waals surface area contributed by atoms with Crippen molar-refractivity contribution in [2.75, 3.05) is 0 Å². The lowest BCUT2D eigenvalue weighted by Gasteiger charge is -2.06. The van der Waals surface area contributed by atoms with Crippen molar-refractivity contribution in [2.24, 2.45) is 0 Å². The van der Waals surface area contributed by atoms with Crippen LogP contribution in [0.25, 0.3) is 21.7 Å². The first kappa shape index (κ1) is 18.9. The summed E-state index contributed by atoms with van der Waals surface area (Å²) < 4.78 is 2.13. The number of hydrazine groups is 1. The summed E-state index contributed by atoms with van der Waals surface area (Å²) in [4.78, 5) is 30.7. The number of benzene rings is 2. The summed E-state index contributed by atoms with van der Waals surface area (Å²) in [6, 6.07) is 18.7. The molecule has 2 aromatic heterocycles. The molecule has 2 aromatic carbocycles. The van der Waals surface area contributed by atoms with Crippen molar-refractivity contribution in [3.63, 3.8) is 0 Å². The Balaban J connectivity index is 1.50. The van der Waals surface area contributed by atoms with Gasteiger partial charge in [0, 0.05) is 12.1 Å². The number of nitrogens with zero attached hydrogens (tertiary/aromatic N) is 2. The number of imidazole rings is 1. The van der Waals surface area contributed by atoms with Gasteiger partial charge in [-0.05, 0) is 50.2 Å². The number of carbonyl (C=O) groups excluding carboxylic acids is 2. The van der Waals surface area contributed by atoms with Gasteiger partial charge in [-0.25, -0.2) is 4.98 Å². The van der Waals surface area contributed by atoms with Gasteiger partial charge >= 0.3 is 0 Å². The predicted octanol–water partition coefficient (Wildman–Crippen LogP) is 4.17. The maximum Gasteiger partial charge on any atom is 0.279 e. The van der Waals surface area contributed by atoms with Gasteiger partial charge in [-0.15, -0.1) is 11.3 Å². The molecule has 0 atom stereocenters. The highest BCUT2D eigenvalue weighted by Crippen LogP contribution is 2.30. The molecule has 4 rings (SSSR count). The predicted molar refractivity (Wildman–Crippen MR) is 115 cm³/mol. The molecule has 0 radical (unpaired) electrons. The van der Waals surface area contributed by atoms with Crippen LogP contribution in [0.4, 0.5) is 0 Å². The Kier molecular flexibility index (Phi) is 5.14. The molecule has 29 heavy (non-hydrogen) atoms. The summed E-state index contributed by atoms with van der Waals surface area (Å²) in [6.07, 6.45) is 0. The maximum absolute atomic E-state index is 12.5. The van der Waals surface area contributed by atoms with Crippen molar-refractivity contribution >= 4 is 34.2 Å². The normalized spacial score (nSPS) is 10.8. The average molecular weight is 404 g/mol. The number of rotatable bonds is 4. The molecule has 2 amide bonds. The van der Waals surface area contributed by atoms with Crippen LogP contribution >= 0.6 is 11.3 Å². The van der Waals surface area contributed by atoms with Gasteiger partial charge in [-0.2, -0.15) is 0 Å². The third-order valence-corrected chi connectivity index (χ3v) is 5.70. The smallest absolute Gasteiger partial charge is 0.279 e. The van der Waals surface area contributed by atoms with E-state index in [2.05, 4.69) is 22.3 Å². The number of para-hydroxylation sites is 2. The molecule has 2 N–H and O–H groups in total. The standard InChI is InChI=1S/C22H20N4O2S/c1-3-26-17-7-5-4-6-16(17)23-20(26)18-12-13-19(29-18)22(28)25-24-21(27)15-10-8-14(2)9-11-15/h4-13H,3H2,1-2H3,(H,24,27)(H,25,28). The first-order valence-corrected chi connectivity index (χ1v) is 10.1. The lowest BCUT2D eigenvalue weighted by atomic mass is 10.1. The number of nitrogens with one attached hydrogen (secondary N) is 2. The molecular formula is C22H20N4O2S. The number of thiophene rings is 1. The SMILES string of the molecule is CCn1c(-c2ccc(C(=O)NNC(=O)c3ccc(C)cc3)s2)nc2ccccc21. The molecule has 2 heterocycles. The van der Waals surface area contributed by atoms with Crippen LogP contribution in [0.15, 0.2) is 60.7 Å². The molecule has 6 nitrogen and oxygen atoms in total. The fourth-order valence-electron chi connectivity index (χ4n) is 3.12. The Morgan fingerprint density at radius 2 is 1.69 bits per heavy atom. The van der Waals surface area contributed by atoms with Gasteiger partial charge in [0.15, 0.2) is 5.82 Å². The van der Waals surface area contributed by atoms with Crippen molar-refractivity contribution in [1.29, 1.82) is 0 Å². The molecule has 0 saturated heterocycles. The highest BCUT2D eigenvalue weighted by Gasteiger charge is 2.16. The molecule has 0 unspecified atom stereocenters. The number of aryl methyl sites for hydroxylation is 2. The zero-order valence-corrected chi connectivity index (χ0v) is 16.9. The number of carbonyl (C=O) groups is 2. The Morgan fingerprint density at radius 3 is 2.45 bits per heavy atom. The molecule has 4 aromatic rings. The molecule has 0 spiro atoms. The van der Waals surface area contributed by atoms with Crippen LogP contribution in [-0.2, 0) is 6.54 Å².